The normalized spacial score (nSPS) is 13.9. The Morgan fingerprint density at radius 1 is 1.09 bits per heavy atom. The van der Waals surface area contributed by atoms with Crippen LogP contribution in [0.2, 0.25) is 0 Å². The Kier molecular flexibility index (Phi) is 6.57. The Morgan fingerprint density at radius 3 is 1.91 bits per heavy atom. The zero-order valence-electron chi connectivity index (χ0n) is 8.35. The highest BCUT2D eigenvalue weighted by atomic mass is 15.3. The Morgan fingerprint density at radius 2 is 1.64 bits per heavy atom. The lowest BCUT2D eigenvalue weighted by atomic mass is 10.3. The third-order valence-corrected chi connectivity index (χ3v) is 2.08. The number of nitrogens with zero attached hydrogens (tertiary/aromatic N) is 1. The minimum atomic E-state index is 0.579. The van der Waals surface area contributed by atoms with Gasteiger partial charge in [-0.3, -0.25) is 4.90 Å². The second-order valence-electron chi connectivity index (χ2n) is 2.70. The zero-order chi connectivity index (χ0) is 8.69. The summed E-state index contributed by atoms with van der Waals surface area (Å²) in [5.41, 5.74) is 0. The lowest BCUT2D eigenvalue weighted by Crippen LogP contribution is -2.44. The van der Waals surface area contributed by atoms with Crippen LogP contribution in [0.3, 0.4) is 0 Å². The molecule has 2 heteroatoms. The van der Waals surface area contributed by atoms with Gasteiger partial charge in [0.05, 0.1) is 6.17 Å². The van der Waals surface area contributed by atoms with Crippen LogP contribution in [0.5, 0.6) is 0 Å². The highest BCUT2D eigenvalue weighted by molar-refractivity contribution is 4.64. The quantitative estimate of drug-likeness (QED) is 0.592. The molecule has 1 unspecified atom stereocenters. The minimum absolute atomic E-state index is 0.579. The first kappa shape index (κ1) is 10.9. The van der Waals surface area contributed by atoms with Crippen molar-refractivity contribution in [3.8, 4) is 0 Å². The molecule has 0 aromatic heterocycles. The predicted molar refractivity (Wildman–Crippen MR) is 50.7 cm³/mol. The standard InChI is InChI=1S/C9H22N2/c1-5-9(10-6-2)11(7-3)8-4/h9-10H,5-8H2,1-4H3. The van der Waals surface area contributed by atoms with Crippen LogP contribution in [-0.4, -0.2) is 30.7 Å². The summed E-state index contributed by atoms with van der Waals surface area (Å²) in [7, 11) is 0. The second kappa shape index (κ2) is 6.62. The van der Waals surface area contributed by atoms with Gasteiger partial charge in [0.1, 0.15) is 0 Å². The fourth-order valence-corrected chi connectivity index (χ4v) is 1.43. The maximum Gasteiger partial charge on any atom is 0.0594 e. The summed E-state index contributed by atoms with van der Waals surface area (Å²) in [6.07, 6.45) is 1.77. The average molecular weight is 158 g/mol. The second-order valence-corrected chi connectivity index (χ2v) is 2.70. The van der Waals surface area contributed by atoms with Crippen molar-refractivity contribution >= 4 is 0 Å². The van der Waals surface area contributed by atoms with Gasteiger partial charge in [-0.2, -0.15) is 0 Å². The first-order valence-electron chi connectivity index (χ1n) is 4.77. The van der Waals surface area contributed by atoms with Crippen LogP contribution in [0.15, 0.2) is 0 Å². The van der Waals surface area contributed by atoms with Crippen molar-refractivity contribution in [2.45, 2.75) is 40.3 Å². The summed E-state index contributed by atoms with van der Waals surface area (Å²) in [6.45, 7) is 12.2. The van der Waals surface area contributed by atoms with Gasteiger partial charge in [-0.05, 0) is 26.1 Å². The van der Waals surface area contributed by atoms with Crippen LogP contribution in [0, 0.1) is 0 Å². The first-order chi connectivity index (χ1) is 5.29. The fraction of sp³-hybridized carbons (Fsp3) is 1.00. The molecule has 2 nitrogen and oxygen atoms in total. The Bertz CT molecular complexity index is 79.6. The summed E-state index contributed by atoms with van der Waals surface area (Å²) >= 11 is 0. The molecule has 1 N–H and O–H groups in total. The largest absolute Gasteiger partial charge is 0.302 e. The van der Waals surface area contributed by atoms with E-state index in [1.54, 1.807) is 0 Å². The molecule has 0 saturated heterocycles. The van der Waals surface area contributed by atoms with Gasteiger partial charge in [0, 0.05) is 0 Å². The van der Waals surface area contributed by atoms with Crippen molar-refractivity contribution in [2.75, 3.05) is 19.6 Å². The van der Waals surface area contributed by atoms with Crippen LogP contribution in [0.4, 0.5) is 0 Å². The van der Waals surface area contributed by atoms with E-state index in [4.69, 9.17) is 0 Å². The van der Waals surface area contributed by atoms with E-state index < -0.39 is 0 Å². The molecule has 0 aromatic carbocycles. The molecule has 0 aliphatic rings. The first-order valence-corrected chi connectivity index (χ1v) is 4.77. The lowest BCUT2D eigenvalue weighted by molar-refractivity contribution is 0.179. The van der Waals surface area contributed by atoms with Gasteiger partial charge in [-0.25, -0.2) is 0 Å². The molecular weight excluding hydrogens is 136 g/mol. The SMILES string of the molecule is CCNC(CC)N(CC)CC. The van der Waals surface area contributed by atoms with Crippen LogP contribution >= 0.6 is 0 Å². The van der Waals surface area contributed by atoms with Crippen molar-refractivity contribution in [3.63, 3.8) is 0 Å². The Hall–Kier alpha value is -0.0800. The molecule has 0 radical (unpaired) electrons. The molecule has 0 amide bonds. The molecule has 0 spiro atoms. The van der Waals surface area contributed by atoms with Gasteiger partial charge in [-0.1, -0.05) is 27.7 Å². The smallest absolute Gasteiger partial charge is 0.0594 e. The van der Waals surface area contributed by atoms with Crippen LogP contribution < -0.4 is 5.32 Å². The van der Waals surface area contributed by atoms with E-state index >= 15 is 0 Å². The van der Waals surface area contributed by atoms with Crippen molar-refractivity contribution in [1.29, 1.82) is 0 Å². The van der Waals surface area contributed by atoms with E-state index in [2.05, 4.69) is 37.9 Å². The molecule has 0 aromatic rings. The van der Waals surface area contributed by atoms with Gasteiger partial charge in [-0.15, -0.1) is 0 Å². The van der Waals surface area contributed by atoms with Crippen molar-refractivity contribution < 1.29 is 0 Å². The van der Waals surface area contributed by atoms with Crippen LogP contribution in [0.1, 0.15) is 34.1 Å². The van der Waals surface area contributed by atoms with E-state index in [0.29, 0.717) is 6.17 Å². The van der Waals surface area contributed by atoms with Gasteiger partial charge in [0.2, 0.25) is 0 Å². The minimum Gasteiger partial charge on any atom is -0.302 e. The van der Waals surface area contributed by atoms with Crippen LogP contribution in [-0.2, 0) is 0 Å². The topological polar surface area (TPSA) is 15.3 Å². The summed E-state index contributed by atoms with van der Waals surface area (Å²) in [6, 6.07) is 0. The average Bonchev–Trinajstić information content (AvgIpc) is 2.05. The van der Waals surface area contributed by atoms with Gasteiger partial charge >= 0.3 is 0 Å². The fourth-order valence-electron chi connectivity index (χ4n) is 1.43. The molecule has 68 valence electrons. The molecular formula is C9H22N2. The van der Waals surface area contributed by atoms with Crippen LogP contribution in [0.25, 0.3) is 0 Å². The summed E-state index contributed by atoms with van der Waals surface area (Å²) in [5, 5.41) is 3.46. The van der Waals surface area contributed by atoms with E-state index in [-0.39, 0.29) is 0 Å². The summed E-state index contributed by atoms with van der Waals surface area (Å²) < 4.78 is 0. The van der Waals surface area contributed by atoms with Crippen molar-refractivity contribution in [1.82, 2.24) is 10.2 Å². The van der Waals surface area contributed by atoms with Gasteiger partial charge in [0.25, 0.3) is 0 Å². The number of hydrogen-bond acceptors (Lipinski definition) is 2. The molecule has 0 aliphatic carbocycles. The number of rotatable bonds is 6. The monoisotopic (exact) mass is 158 g/mol. The molecule has 0 saturated carbocycles. The molecule has 11 heavy (non-hydrogen) atoms. The molecule has 0 fully saturated rings. The summed E-state index contributed by atoms with van der Waals surface area (Å²) in [5.74, 6) is 0. The van der Waals surface area contributed by atoms with Gasteiger partial charge < -0.3 is 5.32 Å². The Labute approximate surface area is 71.0 Å². The highest BCUT2D eigenvalue weighted by Crippen LogP contribution is 1.99. The third kappa shape index (κ3) is 3.73. The van der Waals surface area contributed by atoms with Crippen molar-refractivity contribution in [3.05, 3.63) is 0 Å². The zero-order valence-corrected chi connectivity index (χ0v) is 8.35. The van der Waals surface area contributed by atoms with E-state index in [1.807, 2.05) is 0 Å². The number of hydrogen-bond donors (Lipinski definition) is 1. The van der Waals surface area contributed by atoms with E-state index in [9.17, 15) is 0 Å². The van der Waals surface area contributed by atoms with Crippen molar-refractivity contribution in [2.24, 2.45) is 0 Å². The number of nitrogens with one attached hydrogen (secondary N) is 1. The molecule has 1 atom stereocenters. The predicted octanol–water partition coefficient (Wildman–Crippen LogP) is 1.67. The summed E-state index contributed by atoms with van der Waals surface area (Å²) in [4.78, 5) is 2.45. The lowest BCUT2D eigenvalue weighted by Gasteiger charge is -2.29. The highest BCUT2D eigenvalue weighted by Gasteiger charge is 2.10. The third-order valence-electron chi connectivity index (χ3n) is 2.08. The molecule has 0 aliphatic heterocycles. The Balaban J connectivity index is 3.76. The van der Waals surface area contributed by atoms with E-state index in [1.165, 1.54) is 6.42 Å². The molecule has 0 rings (SSSR count). The molecule has 0 heterocycles. The maximum absolute atomic E-state index is 3.46. The molecule has 0 bridgehead atoms. The van der Waals surface area contributed by atoms with E-state index in [0.717, 1.165) is 19.6 Å². The van der Waals surface area contributed by atoms with Gasteiger partial charge in [0.15, 0.2) is 0 Å². The maximum atomic E-state index is 3.46.